The first-order valence-electron chi connectivity index (χ1n) is 6.47. The molecule has 0 N–H and O–H groups in total. The normalized spacial score (nSPS) is 10.2. The highest BCUT2D eigenvalue weighted by Gasteiger charge is 2.21. The van der Waals surface area contributed by atoms with Crippen molar-refractivity contribution in [2.45, 2.75) is 0 Å². The lowest BCUT2D eigenvalue weighted by molar-refractivity contribution is -0.385. The van der Waals surface area contributed by atoms with Gasteiger partial charge in [-0.05, 0) is 36.4 Å². The van der Waals surface area contributed by atoms with E-state index < -0.39 is 10.9 Å². The fourth-order valence-electron chi connectivity index (χ4n) is 1.73. The Hall–Kier alpha value is -2.31. The lowest BCUT2D eigenvalue weighted by atomic mass is 10.2. The molecule has 0 heterocycles. The molecule has 0 spiro atoms. The van der Waals surface area contributed by atoms with E-state index in [1.54, 1.807) is 24.3 Å². The summed E-state index contributed by atoms with van der Waals surface area (Å²) in [5, 5.41) is 11.7. The van der Waals surface area contributed by atoms with Gasteiger partial charge in [-0.2, -0.15) is 0 Å². The Morgan fingerprint density at radius 3 is 2.35 bits per heavy atom. The summed E-state index contributed by atoms with van der Waals surface area (Å²) < 4.78 is 10.3. The van der Waals surface area contributed by atoms with Gasteiger partial charge in [-0.3, -0.25) is 10.1 Å². The first-order valence-corrected chi connectivity index (χ1v) is 7.22. The van der Waals surface area contributed by atoms with Crippen LogP contribution in [0.3, 0.4) is 0 Å². The summed E-state index contributed by atoms with van der Waals surface area (Å²) in [7, 11) is 0. The number of rotatable bonds is 6. The molecule has 0 saturated carbocycles. The molecule has 0 radical (unpaired) electrons. The van der Waals surface area contributed by atoms with E-state index >= 15 is 0 Å². The molecule has 0 amide bonds. The van der Waals surface area contributed by atoms with Crippen LogP contribution in [0.2, 0.25) is 10.0 Å². The predicted molar refractivity (Wildman–Crippen MR) is 85.3 cm³/mol. The highest BCUT2D eigenvalue weighted by atomic mass is 35.5. The van der Waals surface area contributed by atoms with Crippen LogP contribution in [-0.2, 0) is 4.74 Å². The Morgan fingerprint density at radius 2 is 1.70 bits per heavy atom. The van der Waals surface area contributed by atoms with Crippen molar-refractivity contribution >= 4 is 34.9 Å². The van der Waals surface area contributed by atoms with E-state index in [4.69, 9.17) is 32.7 Å². The number of nitro groups is 1. The van der Waals surface area contributed by atoms with Crippen LogP contribution in [0, 0.1) is 10.1 Å². The average molecular weight is 356 g/mol. The van der Waals surface area contributed by atoms with E-state index in [0.717, 1.165) is 6.07 Å². The Bertz CT molecular complexity index is 718. The van der Waals surface area contributed by atoms with Crippen LogP contribution in [0.25, 0.3) is 0 Å². The Balaban J connectivity index is 1.91. The van der Waals surface area contributed by atoms with E-state index in [1.807, 2.05) is 0 Å². The lowest BCUT2D eigenvalue weighted by Crippen LogP contribution is -2.13. The molecule has 0 fully saturated rings. The first kappa shape index (κ1) is 17.1. The molecule has 0 aromatic heterocycles. The summed E-state index contributed by atoms with van der Waals surface area (Å²) in [6.45, 7) is 0.0346. The van der Waals surface area contributed by atoms with Gasteiger partial charge in [-0.15, -0.1) is 0 Å². The fourth-order valence-corrected chi connectivity index (χ4v) is 2.03. The monoisotopic (exact) mass is 355 g/mol. The topological polar surface area (TPSA) is 78.7 Å². The third-order valence-electron chi connectivity index (χ3n) is 2.77. The van der Waals surface area contributed by atoms with Crippen LogP contribution in [0.15, 0.2) is 42.5 Å². The number of hydrogen-bond acceptors (Lipinski definition) is 5. The molecule has 0 saturated heterocycles. The molecule has 2 aromatic rings. The summed E-state index contributed by atoms with van der Waals surface area (Å²) >= 11 is 11.5. The van der Waals surface area contributed by atoms with Gasteiger partial charge in [0, 0.05) is 16.1 Å². The van der Waals surface area contributed by atoms with Gasteiger partial charge in [0.05, 0.1) is 4.92 Å². The van der Waals surface area contributed by atoms with Crippen molar-refractivity contribution < 1.29 is 19.2 Å². The minimum atomic E-state index is -0.834. The lowest BCUT2D eigenvalue weighted by Gasteiger charge is -2.08. The maximum atomic E-state index is 11.9. The molecule has 8 heteroatoms. The van der Waals surface area contributed by atoms with Crippen molar-refractivity contribution in [1.82, 2.24) is 0 Å². The third-order valence-corrected chi connectivity index (χ3v) is 3.26. The molecule has 0 unspecified atom stereocenters. The maximum Gasteiger partial charge on any atom is 0.345 e. The minimum Gasteiger partial charge on any atom is -0.490 e. The molecule has 0 atom stereocenters. The van der Waals surface area contributed by atoms with Gasteiger partial charge in [0.2, 0.25) is 0 Å². The van der Waals surface area contributed by atoms with Gasteiger partial charge >= 0.3 is 5.97 Å². The van der Waals surface area contributed by atoms with E-state index in [-0.39, 0.29) is 29.5 Å². The predicted octanol–water partition coefficient (Wildman–Crippen LogP) is 4.14. The van der Waals surface area contributed by atoms with Gasteiger partial charge in [-0.25, -0.2) is 4.79 Å². The number of esters is 1. The number of halogens is 2. The summed E-state index contributed by atoms with van der Waals surface area (Å²) in [5.74, 6) is -0.266. The molecule has 0 aliphatic carbocycles. The SMILES string of the molecule is O=C(OCCOc1ccc(Cl)cc1)c1cc(Cl)ccc1[N+](=O)[O-]. The average Bonchev–Trinajstić information content (AvgIpc) is 2.52. The number of nitrogens with zero attached hydrogens (tertiary/aromatic N) is 1. The van der Waals surface area contributed by atoms with Gasteiger partial charge in [0.15, 0.2) is 0 Å². The Morgan fingerprint density at radius 1 is 1.04 bits per heavy atom. The van der Waals surface area contributed by atoms with Crippen molar-refractivity contribution in [3.8, 4) is 5.75 Å². The van der Waals surface area contributed by atoms with Crippen LogP contribution in [-0.4, -0.2) is 24.1 Å². The van der Waals surface area contributed by atoms with Crippen molar-refractivity contribution in [2.75, 3.05) is 13.2 Å². The number of carbonyl (C=O) groups is 1. The Labute approximate surface area is 141 Å². The van der Waals surface area contributed by atoms with Crippen LogP contribution in [0.4, 0.5) is 5.69 Å². The zero-order valence-corrected chi connectivity index (χ0v) is 13.2. The fraction of sp³-hybridized carbons (Fsp3) is 0.133. The second kappa shape index (κ2) is 7.80. The smallest absolute Gasteiger partial charge is 0.345 e. The van der Waals surface area contributed by atoms with Crippen LogP contribution in [0.1, 0.15) is 10.4 Å². The standard InChI is InChI=1S/C15H11Cl2NO5/c16-10-1-4-12(5-2-10)22-7-8-23-15(19)13-9-11(17)3-6-14(13)18(20)21/h1-6,9H,7-8H2. The summed E-state index contributed by atoms with van der Waals surface area (Å²) in [6, 6.07) is 10.4. The number of benzene rings is 2. The zero-order valence-electron chi connectivity index (χ0n) is 11.7. The molecule has 0 aliphatic heterocycles. The highest BCUT2D eigenvalue weighted by molar-refractivity contribution is 6.31. The molecule has 0 aliphatic rings. The second-order valence-corrected chi connectivity index (χ2v) is 5.23. The van der Waals surface area contributed by atoms with Crippen molar-refractivity contribution in [1.29, 1.82) is 0 Å². The van der Waals surface area contributed by atoms with Gasteiger partial charge in [0.1, 0.15) is 24.5 Å². The van der Waals surface area contributed by atoms with E-state index in [0.29, 0.717) is 10.8 Å². The zero-order chi connectivity index (χ0) is 16.8. The molecule has 0 bridgehead atoms. The Kier molecular flexibility index (Phi) is 5.78. The first-order chi connectivity index (χ1) is 11.0. The van der Waals surface area contributed by atoms with Crippen molar-refractivity contribution in [3.05, 3.63) is 68.2 Å². The summed E-state index contributed by atoms with van der Waals surface area (Å²) in [5.41, 5.74) is -0.563. The minimum absolute atomic E-state index is 0.0644. The summed E-state index contributed by atoms with van der Waals surface area (Å²) in [6.07, 6.45) is 0. The van der Waals surface area contributed by atoms with Crippen LogP contribution in [0.5, 0.6) is 5.75 Å². The van der Waals surface area contributed by atoms with Crippen molar-refractivity contribution in [3.63, 3.8) is 0 Å². The quantitative estimate of drug-likeness (QED) is 0.336. The van der Waals surface area contributed by atoms with E-state index in [1.165, 1.54) is 12.1 Å². The van der Waals surface area contributed by atoms with Crippen molar-refractivity contribution in [2.24, 2.45) is 0 Å². The molecular formula is C15H11Cl2NO5. The number of ether oxygens (including phenoxy) is 2. The number of carbonyl (C=O) groups excluding carboxylic acids is 1. The molecular weight excluding hydrogens is 345 g/mol. The van der Waals surface area contributed by atoms with Crippen LogP contribution < -0.4 is 4.74 Å². The van der Waals surface area contributed by atoms with Gasteiger partial charge < -0.3 is 9.47 Å². The highest BCUT2D eigenvalue weighted by Crippen LogP contribution is 2.23. The van der Waals surface area contributed by atoms with E-state index in [9.17, 15) is 14.9 Å². The largest absolute Gasteiger partial charge is 0.490 e. The second-order valence-electron chi connectivity index (χ2n) is 4.36. The molecule has 6 nitrogen and oxygen atoms in total. The maximum absolute atomic E-state index is 11.9. The molecule has 2 aromatic carbocycles. The molecule has 23 heavy (non-hydrogen) atoms. The van der Waals surface area contributed by atoms with E-state index in [2.05, 4.69) is 0 Å². The molecule has 2 rings (SSSR count). The van der Waals surface area contributed by atoms with Crippen LogP contribution >= 0.6 is 23.2 Å². The number of hydrogen-bond donors (Lipinski definition) is 0. The summed E-state index contributed by atoms with van der Waals surface area (Å²) in [4.78, 5) is 22.1. The third kappa shape index (κ3) is 4.84. The van der Waals surface area contributed by atoms with Gasteiger partial charge in [-0.1, -0.05) is 23.2 Å². The number of nitro benzene ring substituents is 1. The van der Waals surface area contributed by atoms with Gasteiger partial charge in [0.25, 0.3) is 5.69 Å². The molecule has 120 valence electrons.